The lowest BCUT2D eigenvalue weighted by molar-refractivity contribution is 0.420. The van der Waals surface area contributed by atoms with Gasteiger partial charge in [-0.1, -0.05) is 30.7 Å². The number of rotatable bonds is 2. The van der Waals surface area contributed by atoms with Crippen LogP contribution >= 0.6 is 0 Å². The van der Waals surface area contributed by atoms with Crippen LogP contribution in [0, 0.1) is 0 Å². The largest absolute Gasteiger partial charge is 0.368 e. The normalized spacial score (nSPS) is 15.5. The number of anilines is 1. The van der Waals surface area contributed by atoms with E-state index in [9.17, 15) is 0 Å². The monoisotopic (exact) mass is 225 g/mol. The van der Waals surface area contributed by atoms with Gasteiger partial charge in [0, 0.05) is 11.8 Å². The Bertz CT molecular complexity index is 532. The highest BCUT2D eigenvalue weighted by Crippen LogP contribution is 2.40. The molecule has 86 valence electrons. The fraction of sp³-hybridized carbons (Fsp3) is 0.286. The van der Waals surface area contributed by atoms with Crippen LogP contribution in [0.25, 0.3) is 11.3 Å². The molecule has 2 N–H and O–H groups in total. The molecule has 1 aliphatic rings. The molecule has 0 unspecified atom stereocenters. The van der Waals surface area contributed by atoms with Gasteiger partial charge in [-0.05, 0) is 30.4 Å². The first kappa shape index (κ1) is 10.3. The summed E-state index contributed by atoms with van der Waals surface area (Å²) in [7, 11) is 0. The molecule has 1 saturated carbocycles. The number of hydrogen-bond acceptors (Lipinski definition) is 3. The van der Waals surface area contributed by atoms with Crippen molar-refractivity contribution in [3.05, 3.63) is 42.1 Å². The van der Waals surface area contributed by atoms with Crippen molar-refractivity contribution < 1.29 is 0 Å². The summed E-state index contributed by atoms with van der Waals surface area (Å²) in [6.07, 6.45) is 5.63. The summed E-state index contributed by atoms with van der Waals surface area (Å²) in [5.74, 6) is 1.04. The minimum Gasteiger partial charge on any atom is -0.368 e. The molecule has 0 amide bonds. The minimum atomic E-state index is 0.339. The van der Waals surface area contributed by atoms with E-state index in [0.29, 0.717) is 11.9 Å². The third-order valence-corrected chi connectivity index (χ3v) is 3.46. The fourth-order valence-electron chi connectivity index (χ4n) is 2.33. The Morgan fingerprint density at radius 1 is 1.12 bits per heavy atom. The zero-order valence-corrected chi connectivity index (χ0v) is 9.63. The third-order valence-electron chi connectivity index (χ3n) is 3.46. The second kappa shape index (κ2) is 4.17. The molecule has 0 atom stereocenters. The highest BCUT2D eigenvalue weighted by Gasteiger charge is 2.22. The Morgan fingerprint density at radius 2 is 1.94 bits per heavy atom. The van der Waals surface area contributed by atoms with Crippen LogP contribution in [0.15, 0.2) is 36.5 Å². The van der Waals surface area contributed by atoms with Crippen LogP contribution in [0.3, 0.4) is 0 Å². The van der Waals surface area contributed by atoms with E-state index in [-0.39, 0.29) is 0 Å². The number of nitrogen functional groups attached to an aromatic ring is 1. The first-order valence-corrected chi connectivity index (χ1v) is 6.02. The Kier molecular flexibility index (Phi) is 2.52. The minimum absolute atomic E-state index is 0.339. The van der Waals surface area contributed by atoms with Crippen molar-refractivity contribution >= 4 is 5.95 Å². The van der Waals surface area contributed by atoms with Gasteiger partial charge in [0.05, 0.1) is 5.69 Å². The third kappa shape index (κ3) is 1.88. The predicted octanol–water partition coefficient (Wildman–Crippen LogP) is 2.99. The van der Waals surface area contributed by atoms with Crippen molar-refractivity contribution in [2.24, 2.45) is 0 Å². The van der Waals surface area contributed by atoms with Crippen LogP contribution in [0.1, 0.15) is 30.7 Å². The molecule has 3 nitrogen and oxygen atoms in total. The van der Waals surface area contributed by atoms with Crippen molar-refractivity contribution in [1.82, 2.24) is 9.97 Å². The molecule has 1 aliphatic carbocycles. The van der Waals surface area contributed by atoms with Gasteiger partial charge in [-0.2, -0.15) is 0 Å². The fourth-order valence-corrected chi connectivity index (χ4v) is 2.33. The predicted molar refractivity (Wildman–Crippen MR) is 68.5 cm³/mol. The van der Waals surface area contributed by atoms with E-state index in [1.165, 1.54) is 30.4 Å². The molecule has 17 heavy (non-hydrogen) atoms. The van der Waals surface area contributed by atoms with Gasteiger partial charge in [0.2, 0.25) is 5.95 Å². The molecule has 0 spiro atoms. The van der Waals surface area contributed by atoms with Crippen molar-refractivity contribution in [2.45, 2.75) is 25.2 Å². The maximum Gasteiger partial charge on any atom is 0.220 e. The molecule has 0 saturated heterocycles. The molecule has 3 heteroatoms. The molecule has 2 aromatic rings. The van der Waals surface area contributed by atoms with Gasteiger partial charge in [0.25, 0.3) is 0 Å². The Labute approximate surface area is 101 Å². The van der Waals surface area contributed by atoms with E-state index < -0.39 is 0 Å². The Hall–Kier alpha value is -1.90. The van der Waals surface area contributed by atoms with Gasteiger partial charge in [0.15, 0.2) is 0 Å². The second-order valence-electron chi connectivity index (χ2n) is 4.52. The SMILES string of the molecule is Nc1nccc(-c2ccccc2C2CCC2)n1. The maximum atomic E-state index is 5.65. The Morgan fingerprint density at radius 3 is 2.65 bits per heavy atom. The van der Waals surface area contributed by atoms with Crippen molar-refractivity contribution in [3.8, 4) is 11.3 Å². The van der Waals surface area contributed by atoms with Gasteiger partial charge in [-0.25, -0.2) is 9.97 Å². The van der Waals surface area contributed by atoms with Gasteiger partial charge in [-0.15, -0.1) is 0 Å². The van der Waals surface area contributed by atoms with Gasteiger partial charge >= 0.3 is 0 Å². The maximum absolute atomic E-state index is 5.65. The smallest absolute Gasteiger partial charge is 0.220 e. The van der Waals surface area contributed by atoms with Crippen molar-refractivity contribution in [2.75, 3.05) is 5.73 Å². The number of nitrogens with two attached hydrogens (primary N) is 1. The molecule has 0 radical (unpaired) electrons. The summed E-state index contributed by atoms with van der Waals surface area (Å²) >= 11 is 0. The molecule has 3 rings (SSSR count). The van der Waals surface area contributed by atoms with Gasteiger partial charge < -0.3 is 5.73 Å². The second-order valence-corrected chi connectivity index (χ2v) is 4.52. The van der Waals surface area contributed by atoms with Crippen molar-refractivity contribution in [3.63, 3.8) is 0 Å². The molecule has 1 fully saturated rings. The Balaban J connectivity index is 2.07. The lowest BCUT2D eigenvalue weighted by Crippen LogP contribution is -2.10. The van der Waals surface area contributed by atoms with E-state index in [0.717, 1.165) is 5.69 Å². The average molecular weight is 225 g/mol. The number of aromatic nitrogens is 2. The number of hydrogen-bond donors (Lipinski definition) is 1. The number of nitrogens with zero attached hydrogens (tertiary/aromatic N) is 2. The molecule has 0 aliphatic heterocycles. The summed E-state index contributed by atoms with van der Waals surface area (Å²) in [5, 5.41) is 0. The first-order valence-electron chi connectivity index (χ1n) is 6.02. The first-order chi connectivity index (χ1) is 8.34. The van der Waals surface area contributed by atoms with Crippen LogP contribution in [0.4, 0.5) is 5.95 Å². The zero-order chi connectivity index (χ0) is 11.7. The highest BCUT2D eigenvalue weighted by atomic mass is 15.0. The molecule has 1 aromatic carbocycles. The van der Waals surface area contributed by atoms with E-state index in [4.69, 9.17) is 5.73 Å². The zero-order valence-electron chi connectivity index (χ0n) is 9.63. The van der Waals surface area contributed by atoms with Crippen molar-refractivity contribution in [1.29, 1.82) is 0 Å². The highest BCUT2D eigenvalue weighted by molar-refractivity contribution is 5.65. The molecule has 1 aromatic heterocycles. The lowest BCUT2D eigenvalue weighted by Gasteiger charge is -2.27. The lowest BCUT2D eigenvalue weighted by atomic mass is 9.78. The van der Waals surface area contributed by atoms with Crippen LogP contribution in [-0.2, 0) is 0 Å². The molecule has 1 heterocycles. The molecular formula is C14H15N3. The average Bonchev–Trinajstić information content (AvgIpc) is 2.27. The molecule has 0 bridgehead atoms. The summed E-state index contributed by atoms with van der Waals surface area (Å²) < 4.78 is 0. The van der Waals surface area contributed by atoms with Crippen LogP contribution in [0.5, 0.6) is 0 Å². The van der Waals surface area contributed by atoms with E-state index in [2.05, 4.69) is 34.2 Å². The van der Waals surface area contributed by atoms with Crippen LogP contribution in [-0.4, -0.2) is 9.97 Å². The molecular weight excluding hydrogens is 210 g/mol. The summed E-state index contributed by atoms with van der Waals surface area (Å²) in [5.41, 5.74) is 9.18. The van der Waals surface area contributed by atoms with E-state index >= 15 is 0 Å². The summed E-state index contributed by atoms with van der Waals surface area (Å²) in [4.78, 5) is 8.25. The topological polar surface area (TPSA) is 51.8 Å². The van der Waals surface area contributed by atoms with Crippen LogP contribution < -0.4 is 5.73 Å². The van der Waals surface area contributed by atoms with Gasteiger partial charge in [-0.3, -0.25) is 0 Å². The quantitative estimate of drug-likeness (QED) is 0.854. The summed E-state index contributed by atoms with van der Waals surface area (Å²) in [6.45, 7) is 0. The van der Waals surface area contributed by atoms with E-state index in [1.54, 1.807) is 6.20 Å². The van der Waals surface area contributed by atoms with E-state index in [1.807, 2.05) is 6.07 Å². The number of benzene rings is 1. The summed E-state index contributed by atoms with van der Waals surface area (Å²) in [6, 6.07) is 10.4. The van der Waals surface area contributed by atoms with Crippen LogP contribution in [0.2, 0.25) is 0 Å². The standard InChI is InChI=1S/C14H15N3/c15-14-16-9-8-13(17-14)12-7-2-1-6-11(12)10-4-3-5-10/h1-2,6-10H,3-5H2,(H2,15,16,17). The van der Waals surface area contributed by atoms with Gasteiger partial charge in [0.1, 0.15) is 0 Å².